The Morgan fingerprint density at radius 1 is 1.28 bits per heavy atom. The van der Waals surface area contributed by atoms with Crippen molar-refractivity contribution in [3.63, 3.8) is 0 Å². The molecule has 3 nitrogen and oxygen atoms in total. The van der Waals surface area contributed by atoms with Gasteiger partial charge in [0.05, 0.1) is 4.88 Å². The SMILES string of the molecule is CCCCCCc1sc(=O)n(SC(C)(C)C)c1O. The van der Waals surface area contributed by atoms with Crippen molar-refractivity contribution in [3.05, 3.63) is 14.5 Å². The minimum absolute atomic E-state index is 0.0714. The Bertz CT molecular complexity index is 429. The summed E-state index contributed by atoms with van der Waals surface area (Å²) in [6, 6.07) is 0. The Morgan fingerprint density at radius 2 is 1.94 bits per heavy atom. The van der Waals surface area contributed by atoms with Gasteiger partial charge in [-0.05, 0) is 45.6 Å². The molecule has 1 N–H and O–H groups in total. The van der Waals surface area contributed by atoms with E-state index in [1.807, 2.05) is 20.8 Å². The minimum Gasteiger partial charge on any atom is -0.493 e. The van der Waals surface area contributed by atoms with Gasteiger partial charge < -0.3 is 5.11 Å². The molecule has 5 heteroatoms. The fourth-order valence-electron chi connectivity index (χ4n) is 1.62. The Balaban J connectivity index is 2.72. The summed E-state index contributed by atoms with van der Waals surface area (Å²) >= 11 is 2.56. The van der Waals surface area contributed by atoms with E-state index in [-0.39, 0.29) is 15.5 Å². The van der Waals surface area contributed by atoms with E-state index in [9.17, 15) is 9.90 Å². The molecule has 0 aliphatic rings. The van der Waals surface area contributed by atoms with Gasteiger partial charge >= 0.3 is 4.87 Å². The van der Waals surface area contributed by atoms with Crippen LogP contribution in [0.15, 0.2) is 4.79 Å². The molecular weight excluding hydrogens is 266 g/mol. The monoisotopic (exact) mass is 289 g/mol. The van der Waals surface area contributed by atoms with Crippen molar-refractivity contribution in [1.29, 1.82) is 0 Å². The maximum absolute atomic E-state index is 11.8. The molecule has 0 saturated heterocycles. The third kappa shape index (κ3) is 4.69. The molecule has 104 valence electrons. The molecule has 1 heterocycles. The van der Waals surface area contributed by atoms with Crippen LogP contribution in [0.5, 0.6) is 5.88 Å². The normalized spacial score (nSPS) is 12.0. The van der Waals surface area contributed by atoms with Gasteiger partial charge in [0.15, 0.2) is 0 Å². The maximum atomic E-state index is 11.8. The molecule has 18 heavy (non-hydrogen) atoms. The summed E-state index contributed by atoms with van der Waals surface area (Å²) in [5.41, 5.74) is 0. The summed E-state index contributed by atoms with van der Waals surface area (Å²) in [5, 5.41) is 10.1. The van der Waals surface area contributed by atoms with Crippen molar-refractivity contribution >= 4 is 23.3 Å². The number of aromatic hydroxyl groups is 1. The van der Waals surface area contributed by atoms with Crippen molar-refractivity contribution < 1.29 is 5.11 Å². The lowest BCUT2D eigenvalue weighted by atomic mass is 10.1. The molecule has 1 rings (SSSR count). The first-order valence-corrected chi connectivity index (χ1v) is 8.07. The van der Waals surface area contributed by atoms with Gasteiger partial charge in [-0.3, -0.25) is 4.79 Å². The van der Waals surface area contributed by atoms with Gasteiger partial charge in [-0.15, -0.1) is 0 Å². The van der Waals surface area contributed by atoms with E-state index in [0.29, 0.717) is 0 Å². The van der Waals surface area contributed by atoms with Crippen LogP contribution < -0.4 is 4.87 Å². The van der Waals surface area contributed by atoms with Crippen LogP contribution in [0.2, 0.25) is 0 Å². The first kappa shape index (κ1) is 15.6. The molecule has 0 fully saturated rings. The van der Waals surface area contributed by atoms with Crippen LogP contribution in [0.1, 0.15) is 58.3 Å². The highest BCUT2D eigenvalue weighted by atomic mass is 32.2. The van der Waals surface area contributed by atoms with Crippen molar-refractivity contribution in [3.8, 4) is 5.88 Å². The Hall–Kier alpha value is -0.420. The van der Waals surface area contributed by atoms with E-state index in [1.54, 1.807) is 0 Å². The fraction of sp³-hybridized carbons (Fsp3) is 0.769. The number of rotatable bonds is 6. The standard InChI is InChI=1S/C13H23NO2S2/c1-5-6-7-8-9-10-11(15)14(12(16)17-10)18-13(2,3)4/h15H,5-9H2,1-4H3. The first-order chi connectivity index (χ1) is 8.35. The van der Waals surface area contributed by atoms with Crippen LogP contribution in [0.3, 0.4) is 0 Å². The van der Waals surface area contributed by atoms with E-state index in [0.717, 1.165) is 24.1 Å². The third-order valence-corrected chi connectivity index (χ3v) is 4.62. The zero-order valence-electron chi connectivity index (χ0n) is 11.7. The van der Waals surface area contributed by atoms with Gasteiger partial charge in [0.2, 0.25) is 5.88 Å². The van der Waals surface area contributed by atoms with Crippen LogP contribution in [-0.2, 0) is 6.42 Å². The van der Waals surface area contributed by atoms with Gasteiger partial charge in [-0.2, -0.15) is 0 Å². The van der Waals surface area contributed by atoms with Gasteiger partial charge in [0, 0.05) is 4.75 Å². The fourth-order valence-corrected chi connectivity index (χ4v) is 3.53. The molecule has 1 aromatic rings. The number of hydrogen-bond donors (Lipinski definition) is 1. The average Bonchev–Trinajstić information content (AvgIpc) is 2.51. The summed E-state index contributed by atoms with van der Waals surface area (Å²) in [6.45, 7) is 8.26. The molecule has 1 aromatic heterocycles. The summed E-state index contributed by atoms with van der Waals surface area (Å²) in [5.74, 6) is 0.154. The van der Waals surface area contributed by atoms with E-state index >= 15 is 0 Å². The minimum atomic E-state index is -0.0815. The first-order valence-electron chi connectivity index (χ1n) is 6.48. The predicted molar refractivity (Wildman–Crippen MR) is 80.8 cm³/mol. The van der Waals surface area contributed by atoms with Crippen LogP contribution in [0, 0.1) is 0 Å². The summed E-state index contributed by atoms with van der Waals surface area (Å²) in [6.07, 6.45) is 5.43. The summed E-state index contributed by atoms with van der Waals surface area (Å²) in [4.78, 5) is 12.6. The van der Waals surface area contributed by atoms with Crippen molar-refractivity contribution in [2.24, 2.45) is 0 Å². The molecule has 0 radical (unpaired) electrons. The Kier molecular flexibility index (Phi) is 5.79. The lowest BCUT2D eigenvalue weighted by Crippen LogP contribution is -2.16. The van der Waals surface area contributed by atoms with Crippen molar-refractivity contribution in [1.82, 2.24) is 3.97 Å². The number of nitrogens with zero attached hydrogens (tertiary/aromatic N) is 1. The number of hydrogen-bond acceptors (Lipinski definition) is 4. The predicted octanol–water partition coefficient (Wildman–Crippen LogP) is 4.03. The maximum Gasteiger partial charge on any atom is 0.320 e. The molecule has 0 aromatic carbocycles. The molecule has 0 saturated carbocycles. The topological polar surface area (TPSA) is 42.2 Å². The second-order valence-electron chi connectivity index (χ2n) is 5.42. The number of aromatic nitrogens is 1. The average molecular weight is 289 g/mol. The second kappa shape index (κ2) is 6.66. The van der Waals surface area contributed by atoms with Gasteiger partial charge in [0.25, 0.3) is 0 Å². The summed E-state index contributed by atoms with van der Waals surface area (Å²) in [7, 11) is 0. The Morgan fingerprint density at radius 3 is 2.50 bits per heavy atom. The molecule has 0 spiro atoms. The van der Waals surface area contributed by atoms with Gasteiger partial charge in [-0.1, -0.05) is 37.5 Å². The molecule has 0 unspecified atom stereocenters. The van der Waals surface area contributed by atoms with E-state index in [4.69, 9.17) is 0 Å². The number of unbranched alkanes of at least 4 members (excludes halogenated alkanes) is 3. The third-order valence-electron chi connectivity index (χ3n) is 2.44. The molecule has 0 aliphatic heterocycles. The van der Waals surface area contributed by atoms with Crippen LogP contribution in [0.4, 0.5) is 0 Å². The highest BCUT2D eigenvalue weighted by Gasteiger charge is 2.20. The largest absolute Gasteiger partial charge is 0.493 e. The Labute approximate surface area is 117 Å². The van der Waals surface area contributed by atoms with Crippen LogP contribution >= 0.6 is 23.3 Å². The molecule has 0 bridgehead atoms. The summed E-state index contributed by atoms with van der Waals surface area (Å²) < 4.78 is 1.35. The number of aryl methyl sites for hydroxylation is 1. The van der Waals surface area contributed by atoms with Gasteiger partial charge in [-0.25, -0.2) is 3.97 Å². The van der Waals surface area contributed by atoms with Crippen LogP contribution in [0.25, 0.3) is 0 Å². The second-order valence-corrected chi connectivity index (χ2v) is 8.24. The smallest absolute Gasteiger partial charge is 0.320 e. The van der Waals surface area contributed by atoms with E-state index < -0.39 is 0 Å². The highest BCUT2D eigenvalue weighted by molar-refractivity contribution is 7.99. The van der Waals surface area contributed by atoms with Gasteiger partial charge in [0.1, 0.15) is 0 Å². The molecule has 0 amide bonds. The van der Waals surface area contributed by atoms with Crippen LogP contribution in [-0.4, -0.2) is 13.8 Å². The molecule has 0 atom stereocenters. The lowest BCUT2D eigenvalue weighted by Gasteiger charge is -2.17. The van der Waals surface area contributed by atoms with Crippen molar-refractivity contribution in [2.75, 3.05) is 0 Å². The highest BCUT2D eigenvalue weighted by Crippen LogP contribution is 2.32. The quantitative estimate of drug-likeness (QED) is 0.804. The van der Waals surface area contributed by atoms with E-state index in [1.165, 1.54) is 40.1 Å². The van der Waals surface area contributed by atoms with E-state index in [2.05, 4.69) is 6.92 Å². The molecular formula is C13H23NO2S2. The zero-order valence-corrected chi connectivity index (χ0v) is 13.3. The zero-order chi connectivity index (χ0) is 13.8. The van der Waals surface area contributed by atoms with Crippen molar-refractivity contribution in [2.45, 2.75) is 64.5 Å². The number of thiazole rings is 1. The lowest BCUT2D eigenvalue weighted by molar-refractivity contribution is 0.442. The molecule has 0 aliphatic carbocycles.